The lowest BCUT2D eigenvalue weighted by Gasteiger charge is -2.21. The fourth-order valence-electron chi connectivity index (χ4n) is 2.32. The number of rotatable bonds is 6. The van der Waals surface area contributed by atoms with Gasteiger partial charge in [-0.25, -0.2) is 0 Å². The molecular weight excluding hydrogens is 222 g/mol. The summed E-state index contributed by atoms with van der Waals surface area (Å²) in [6.07, 6.45) is 2.36. The Balaban J connectivity index is 1.88. The van der Waals surface area contributed by atoms with Crippen molar-refractivity contribution in [3.05, 3.63) is 35.4 Å². The van der Waals surface area contributed by atoms with Crippen molar-refractivity contribution in [1.29, 1.82) is 0 Å². The highest BCUT2D eigenvalue weighted by atomic mass is 16.3. The highest BCUT2D eigenvalue weighted by Gasteiger charge is 2.23. The third kappa shape index (κ3) is 3.82. The minimum absolute atomic E-state index is 0.366. The number of hydrogen-bond donors (Lipinski definition) is 1. The molecule has 1 N–H and O–H groups in total. The number of aliphatic hydroxyl groups excluding tert-OH is 1. The van der Waals surface area contributed by atoms with Gasteiger partial charge in [0.15, 0.2) is 0 Å². The van der Waals surface area contributed by atoms with Crippen LogP contribution in [-0.4, -0.2) is 30.1 Å². The summed E-state index contributed by atoms with van der Waals surface area (Å²) < 4.78 is 0. The minimum atomic E-state index is -0.366. The summed E-state index contributed by atoms with van der Waals surface area (Å²) in [6, 6.07) is 8.38. The van der Waals surface area contributed by atoms with E-state index in [9.17, 15) is 5.11 Å². The lowest BCUT2D eigenvalue weighted by Crippen LogP contribution is -2.26. The zero-order valence-electron chi connectivity index (χ0n) is 11.8. The highest BCUT2D eigenvalue weighted by Crippen LogP contribution is 2.29. The van der Waals surface area contributed by atoms with Crippen LogP contribution in [0, 0.1) is 5.92 Å². The predicted molar refractivity (Wildman–Crippen MR) is 75.7 cm³/mol. The first-order valence-corrected chi connectivity index (χ1v) is 7.02. The molecule has 1 unspecified atom stereocenters. The molecule has 1 aliphatic rings. The van der Waals surface area contributed by atoms with E-state index >= 15 is 0 Å². The fourth-order valence-corrected chi connectivity index (χ4v) is 2.32. The normalized spacial score (nSPS) is 17.4. The smallest absolute Gasteiger partial charge is 0.0916 e. The van der Waals surface area contributed by atoms with Crippen LogP contribution in [0.25, 0.3) is 0 Å². The molecule has 1 aromatic rings. The van der Waals surface area contributed by atoms with Crippen molar-refractivity contribution in [2.45, 2.75) is 38.7 Å². The van der Waals surface area contributed by atoms with Gasteiger partial charge in [0.1, 0.15) is 0 Å². The van der Waals surface area contributed by atoms with E-state index < -0.39 is 0 Å². The molecule has 1 aliphatic carbocycles. The summed E-state index contributed by atoms with van der Waals surface area (Å²) in [5, 5.41) is 10.2. The average molecular weight is 247 g/mol. The number of nitrogens with zero attached hydrogens (tertiary/aromatic N) is 1. The number of benzene rings is 1. The van der Waals surface area contributed by atoms with E-state index in [-0.39, 0.29) is 6.10 Å². The van der Waals surface area contributed by atoms with Crippen molar-refractivity contribution >= 4 is 0 Å². The summed E-state index contributed by atoms with van der Waals surface area (Å²) in [5.74, 6) is 1.43. The molecule has 2 rings (SSSR count). The molecule has 2 heteroatoms. The Labute approximate surface area is 111 Å². The van der Waals surface area contributed by atoms with Gasteiger partial charge >= 0.3 is 0 Å². The Bertz CT molecular complexity index is 367. The molecule has 1 saturated carbocycles. The molecular formula is C16H25NO. The van der Waals surface area contributed by atoms with E-state index in [4.69, 9.17) is 0 Å². The first-order chi connectivity index (χ1) is 8.56. The monoisotopic (exact) mass is 247 g/mol. The molecule has 1 fully saturated rings. The van der Waals surface area contributed by atoms with Gasteiger partial charge in [0.2, 0.25) is 0 Å². The molecule has 18 heavy (non-hydrogen) atoms. The van der Waals surface area contributed by atoms with E-state index in [0.717, 1.165) is 24.6 Å². The molecule has 1 atom stereocenters. The van der Waals surface area contributed by atoms with E-state index in [2.05, 4.69) is 50.1 Å². The van der Waals surface area contributed by atoms with Gasteiger partial charge in [0.25, 0.3) is 0 Å². The lowest BCUT2D eigenvalue weighted by molar-refractivity contribution is 0.124. The van der Waals surface area contributed by atoms with Gasteiger partial charge in [-0.15, -0.1) is 0 Å². The number of hydrogen-bond acceptors (Lipinski definition) is 2. The summed E-state index contributed by atoms with van der Waals surface area (Å²) in [4.78, 5) is 2.25. The molecule has 0 heterocycles. The van der Waals surface area contributed by atoms with E-state index in [0.29, 0.717) is 5.92 Å². The average Bonchev–Trinajstić information content (AvgIpc) is 3.12. The molecule has 1 aromatic carbocycles. The van der Waals surface area contributed by atoms with Crippen molar-refractivity contribution in [2.24, 2.45) is 5.92 Å². The highest BCUT2D eigenvalue weighted by molar-refractivity contribution is 5.26. The SMILES string of the molecule is CC(C)c1ccc(C(O)CN(C)CC2CC2)cc1. The Kier molecular flexibility index (Phi) is 4.41. The molecule has 0 radical (unpaired) electrons. The Morgan fingerprint density at radius 3 is 2.22 bits per heavy atom. The van der Waals surface area contributed by atoms with Crippen LogP contribution in [0.4, 0.5) is 0 Å². The van der Waals surface area contributed by atoms with Crippen LogP contribution >= 0.6 is 0 Å². The quantitative estimate of drug-likeness (QED) is 0.834. The molecule has 0 bridgehead atoms. The van der Waals surface area contributed by atoms with Gasteiger partial charge in [-0.05, 0) is 42.9 Å². The van der Waals surface area contributed by atoms with Crippen molar-refractivity contribution in [2.75, 3.05) is 20.1 Å². The van der Waals surface area contributed by atoms with Crippen molar-refractivity contribution < 1.29 is 5.11 Å². The van der Waals surface area contributed by atoms with E-state index in [1.807, 2.05) is 0 Å². The standard InChI is InChI=1S/C16H25NO/c1-12(2)14-6-8-15(9-7-14)16(18)11-17(3)10-13-4-5-13/h6-9,12-13,16,18H,4-5,10-11H2,1-3H3. The number of aliphatic hydroxyl groups is 1. The van der Waals surface area contributed by atoms with Crippen LogP contribution in [0.5, 0.6) is 0 Å². The fraction of sp³-hybridized carbons (Fsp3) is 0.625. The first kappa shape index (κ1) is 13.6. The molecule has 0 aromatic heterocycles. The third-order valence-corrected chi connectivity index (χ3v) is 3.74. The molecule has 100 valence electrons. The summed E-state index contributed by atoms with van der Waals surface area (Å²) in [6.45, 7) is 6.24. The van der Waals surface area contributed by atoms with Crippen molar-refractivity contribution in [3.63, 3.8) is 0 Å². The zero-order valence-corrected chi connectivity index (χ0v) is 11.8. The number of likely N-dealkylation sites (N-methyl/N-ethyl adjacent to an activating group) is 1. The van der Waals surface area contributed by atoms with E-state index in [1.165, 1.54) is 18.4 Å². The van der Waals surface area contributed by atoms with Gasteiger partial charge in [-0.2, -0.15) is 0 Å². The van der Waals surface area contributed by atoms with Gasteiger partial charge < -0.3 is 10.0 Å². The maximum Gasteiger partial charge on any atom is 0.0916 e. The van der Waals surface area contributed by atoms with Gasteiger partial charge in [-0.1, -0.05) is 38.1 Å². The van der Waals surface area contributed by atoms with Crippen LogP contribution in [0.3, 0.4) is 0 Å². The summed E-state index contributed by atoms with van der Waals surface area (Å²) in [7, 11) is 2.10. The summed E-state index contributed by atoms with van der Waals surface area (Å²) in [5.41, 5.74) is 2.36. The Hall–Kier alpha value is -0.860. The maximum absolute atomic E-state index is 10.2. The second kappa shape index (κ2) is 5.85. The van der Waals surface area contributed by atoms with Crippen LogP contribution in [-0.2, 0) is 0 Å². The molecule has 0 saturated heterocycles. The van der Waals surface area contributed by atoms with E-state index in [1.54, 1.807) is 0 Å². The van der Waals surface area contributed by atoms with Crippen LogP contribution in [0.1, 0.15) is 49.8 Å². The second-order valence-corrected chi connectivity index (χ2v) is 6.00. The van der Waals surface area contributed by atoms with Crippen LogP contribution in [0.2, 0.25) is 0 Å². The maximum atomic E-state index is 10.2. The first-order valence-electron chi connectivity index (χ1n) is 7.02. The summed E-state index contributed by atoms with van der Waals surface area (Å²) >= 11 is 0. The van der Waals surface area contributed by atoms with Gasteiger partial charge in [0.05, 0.1) is 6.10 Å². The van der Waals surface area contributed by atoms with Gasteiger partial charge in [0, 0.05) is 13.1 Å². The molecule has 0 amide bonds. The third-order valence-electron chi connectivity index (χ3n) is 3.74. The minimum Gasteiger partial charge on any atom is -0.387 e. The van der Waals surface area contributed by atoms with Crippen molar-refractivity contribution in [1.82, 2.24) is 4.90 Å². The largest absolute Gasteiger partial charge is 0.387 e. The van der Waals surface area contributed by atoms with Gasteiger partial charge in [-0.3, -0.25) is 0 Å². The lowest BCUT2D eigenvalue weighted by atomic mass is 10.00. The van der Waals surface area contributed by atoms with Crippen LogP contribution < -0.4 is 0 Å². The second-order valence-electron chi connectivity index (χ2n) is 6.00. The Morgan fingerprint density at radius 2 is 1.72 bits per heavy atom. The molecule has 2 nitrogen and oxygen atoms in total. The topological polar surface area (TPSA) is 23.5 Å². The molecule has 0 spiro atoms. The predicted octanol–water partition coefficient (Wildman–Crippen LogP) is 3.19. The van der Waals surface area contributed by atoms with Crippen molar-refractivity contribution in [3.8, 4) is 0 Å². The Morgan fingerprint density at radius 1 is 1.17 bits per heavy atom. The van der Waals surface area contributed by atoms with Crippen LogP contribution in [0.15, 0.2) is 24.3 Å². The zero-order chi connectivity index (χ0) is 13.1. The molecule has 0 aliphatic heterocycles.